The van der Waals surface area contributed by atoms with E-state index in [0.29, 0.717) is 0 Å². The van der Waals surface area contributed by atoms with Gasteiger partial charge >= 0.3 is 5.97 Å². The summed E-state index contributed by atoms with van der Waals surface area (Å²) in [6.07, 6.45) is 2.56. The number of ether oxygens (including phenoxy) is 2. The third-order valence-electron chi connectivity index (χ3n) is 4.46. The zero-order chi connectivity index (χ0) is 19.8. The first-order valence-electron chi connectivity index (χ1n) is 9.03. The van der Waals surface area contributed by atoms with E-state index >= 15 is 0 Å². The molecule has 1 aliphatic rings. The molecule has 6 nitrogen and oxygen atoms in total. The van der Waals surface area contributed by atoms with Crippen molar-refractivity contribution in [2.45, 2.75) is 52.6 Å². The summed E-state index contributed by atoms with van der Waals surface area (Å²) in [6, 6.07) is 10.2. The Bertz CT molecular complexity index is 846. The molecule has 144 valence electrons. The summed E-state index contributed by atoms with van der Waals surface area (Å²) in [4.78, 5) is 14.6. The lowest BCUT2D eigenvalue weighted by Crippen LogP contribution is -2.51. The number of aromatic nitrogens is 2. The van der Waals surface area contributed by atoms with Crippen molar-refractivity contribution >= 4 is 12.0 Å². The summed E-state index contributed by atoms with van der Waals surface area (Å²) in [7, 11) is 1.38. The Morgan fingerprint density at radius 3 is 2.41 bits per heavy atom. The second-order valence-corrected chi connectivity index (χ2v) is 7.78. The van der Waals surface area contributed by atoms with Crippen LogP contribution in [0.5, 0.6) is 0 Å². The molecule has 0 saturated heterocycles. The lowest BCUT2D eigenvalue weighted by molar-refractivity contribution is -0.187. The summed E-state index contributed by atoms with van der Waals surface area (Å²) >= 11 is 0. The number of carbonyl (C=O) groups excluding carboxylic acids is 1. The van der Waals surface area contributed by atoms with Crippen molar-refractivity contribution in [2.75, 3.05) is 7.11 Å². The Hall–Kier alpha value is -2.60. The summed E-state index contributed by atoms with van der Waals surface area (Å²) in [5.74, 6) is -0.439. The Kier molecular flexibility index (Phi) is 5.11. The molecule has 0 spiro atoms. The molecule has 0 fully saturated rings. The normalized spacial score (nSPS) is 17.9. The van der Waals surface area contributed by atoms with Crippen LogP contribution < -0.4 is 0 Å². The number of fused-ring (bicyclic) bond motifs is 1. The first-order chi connectivity index (χ1) is 12.7. The number of hydrogen-bond donors (Lipinski definition) is 0. The molecule has 0 aliphatic carbocycles. The number of rotatable bonds is 4. The zero-order valence-electron chi connectivity index (χ0n) is 16.8. The molecule has 1 aromatic carbocycles. The van der Waals surface area contributed by atoms with Gasteiger partial charge in [-0.1, -0.05) is 29.8 Å². The summed E-state index contributed by atoms with van der Waals surface area (Å²) in [6.45, 7) is 9.79. The minimum Gasteiger partial charge on any atom is -0.466 e. The van der Waals surface area contributed by atoms with Gasteiger partial charge < -0.3 is 14.4 Å². The van der Waals surface area contributed by atoms with E-state index in [9.17, 15) is 4.79 Å². The zero-order valence-corrected chi connectivity index (χ0v) is 16.8. The molecule has 27 heavy (non-hydrogen) atoms. The largest absolute Gasteiger partial charge is 0.466 e. The minimum atomic E-state index is -0.894. The van der Waals surface area contributed by atoms with Gasteiger partial charge in [-0.05, 0) is 52.3 Å². The van der Waals surface area contributed by atoms with Crippen LogP contribution in [-0.2, 0) is 14.3 Å². The molecule has 2 unspecified atom stereocenters. The molecule has 2 heterocycles. The maximum Gasteiger partial charge on any atom is 0.356 e. The molecule has 6 heteroatoms. The molecular formula is C21H27N3O3. The number of esters is 1. The van der Waals surface area contributed by atoms with Crippen LogP contribution in [0.4, 0.5) is 0 Å². The molecule has 0 saturated carbocycles. The molecular weight excluding hydrogens is 342 g/mol. The molecule has 2 atom stereocenters. The van der Waals surface area contributed by atoms with Crippen LogP contribution in [0, 0.1) is 6.92 Å². The van der Waals surface area contributed by atoms with Gasteiger partial charge in [-0.15, -0.1) is 0 Å². The highest BCUT2D eigenvalue weighted by Gasteiger charge is 2.40. The highest BCUT2D eigenvalue weighted by atomic mass is 16.6. The second-order valence-electron chi connectivity index (χ2n) is 7.78. The van der Waals surface area contributed by atoms with Gasteiger partial charge in [-0.3, -0.25) is 0 Å². The lowest BCUT2D eigenvalue weighted by atomic mass is 10.1. The summed E-state index contributed by atoms with van der Waals surface area (Å²) in [5.41, 5.74) is 3.55. The van der Waals surface area contributed by atoms with E-state index in [1.165, 1.54) is 12.7 Å². The number of methoxy groups -OCH3 is 1. The maximum absolute atomic E-state index is 12.7. The predicted molar refractivity (Wildman–Crippen MR) is 104 cm³/mol. The number of hydrogen-bond acceptors (Lipinski definition) is 5. The summed E-state index contributed by atoms with van der Waals surface area (Å²) in [5, 5.41) is 4.51. The smallest absolute Gasteiger partial charge is 0.356 e. The Balaban J connectivity index is 2.14. The second kappa shape index (κ2) is 7.19. The SMILES string of the molecule is COC(=O)C(OC(C)(C)C)N1C(C)=Cc2ccnn2C1c1ccc(C)cc1. The van der Waals surface area contributed by atoms with Crippen LogP contribution in [0.1, 0.15) is 50.7 Å². The van der Waals surface area contributed by atoms with Crippen molar-refractivity contribution in [1.29, 1.82) is 0 Å². The standard InChI is InChI=1S/C21H27N3O3/c1-14-7-9-16(10-8-14)18-23(15(2)13-17-11-12-22-24(17)18)19(20(25)26-6)27-21(3,4)5/h7-13,18-19H,1-6H3. The first-order valence-corrected chi connectivity index (χ1v) is 9.03. The van der Waals surface area contributed by atoms with Crippen LogP contribution in [-0.4, -0.2) is 39.6 Å². The Labute approximate surface area is 160 Å². The van der Waals surface area contributed by atoms with E-state index in [-0.39, 0.29) is 6.17 Å². The number of aryl methyl sites for hydroxylation is 1. The van der Waals surface area contributed by atoms with Gasteiger partial charge in [0, 0.05) is 11.9 Å². The Morgan fingerprint density at radius 1 is 1.15 bits per heavy atom. The molecule has 0 bridgehead atoms. The third-order valence-corrected chi connectivity index (χ3v) is 4.46. The number of nitrogens with zero attached hydrogens (tertiary/aromatic N) is 3. The quantitative estimate of drug-likeness (QED) is 0.769. The van der Waals surface area contributed by atoms with Crippen molar-refractivity contribution < 1.29 is 14.3 Å². The maximum atomic E-state index is 12.7. The average Bonchev–Trinajstić information content (AvgIpc) is 3.06. The van der Waals surface area contributed by atoms with Crippen molar-refractivity contribution in [2.24, 2.45) is 0 Å². The molecule has 0 N–H and O–H groups in total. The van der Waals surface area contributed by atoms with E-state index in [1.54, 1.807) is 6.20 Å². The fraction of sp³-hybridized carbons (Fsp3) is 0.429. The van der Waals surface area contributed by atoms with E-state index < -0.39 is 17.8 Å². The van der Waals surface area contributed by atoms with Crippen LogP contribution in [0.3, 0.4) is 0 Å². The Morgan fingerprint density at radius 2 is 1.81 bits per heavy atom. The molecule has 2 aromatic rings. The van der Waals surface area contributed by atoms with E-state index in [1.807, 2.05) is 56.3 Å². The van der Waals surface area contributed by atoms with E-state index in [0.717, 1.165) is 17.0 Å². The van der Waals surface area contributed by atoms with Crippen molar-refractivity contribution in [3.05, 3.63) is 59.0 Å². The highest BCUT2D eigenvalue weighted by Crippen LogP contribution is 2.36. The number of benzene rings is 1. The average molecular weight is 369 g/mol. The highest BCUT2D eigenvalue weighted by molar-refractivity contribution is 5.75. The minimum absolute atomic E-state index is 0.313. The molecule has 3 rings (SSSR count). The van der Waals surface area contributed by atoms with Crippen LogP contribution in [0.15, 0.2) is 42.2 Å². The molecule has 0 amide bonds. The van der Waals surface area contributed by atoms with E-state index in [2.05, 4.69) is 29.4 Å². The van der Waals surface area contributed by atoms with Gasteiger partial charge in [0.15, 0.2) is 6.17 Å². The molecule has 0 radical (unpaired) electrons. The number of allylic oxidation sites excluding steroid dienone is 1. The topological polar surface area (TPSA) is 56.6 Å². The van der Waals surface area contributed by atoms with Gasteiger partial charge in [0.25, 0.3) is 0 Å². The van der Waals surface area contributed by atoms with E-state index in [4.69, 9.17) is 9.47 Å². The van der Waals surface area contributed by atoms with Crippen LogP contribution in [0.25, 0.3) is 6.08 Å². The number of carbonyl (C=O) groups is 1. The lowest BCUT2D eigenvalue weighted by Gasteiger charge is -2.43. The van der Waals surface area contributed by atoms with Gasteiger partial charge in [-0.2, -0.15) is 5.10 Å². The van der Waals surface area contributed by atoms with Crippen molar-refractivity contribution in [1.82, 2.24) is 14.7 Å². The van der Waals surface area contributed by atoms with Crippen LogP contribution >= 0.6 is 0 Å². The van der Waals surface area contributed by atoms with Gasteiger partial charge in [0.1, 0.15) is 0 Å². The molecule has 1 aromatic heterocycles. The third kappa shape index (κ3) is 3.90. The van der Waals surface area contributed by atoms with Crippen molar-refractivity contribution in [3.8, 4) is 0 Å². The summed E-state index contributed by atoms with van der Waals surface area (Å²) < 4.78 is 13.1. The van der Waals surface area contributed by atoms with Gasteiger partial charge in [0.05, 0.1) is 18.4 Å². The fourth-order valence-electron chi connectivity index (χ4n) is 3.25. The monoisotopic (exact) mass is 369 g/mol. The van der Waals surface area contributed by atoms with Gasteiger partial charge in [-0.25, -0.2) is 9.48 Å². The fourth-order valence-corrected chi connectivity index (χ4v) is 3.25. The molecule has 1 aliphatic heterocycles. The van der Waals surface area contributed by atoms with Gasteiger partial charge in [0.2, 0.25) is 6.23 Å². The van der Waals surface area contributed by atoms with Crippen LogP contribution in [0.2, 0.25) is 0 Å². The predicted octanol–water partition coefficient (Wildman–Crippen LogP) is 3.73. The van der Waals surface area contributed by atoms with Crippen molar-refractivity contribution in [3.63, 3.8) is 0 Å². The first kappa shape index (κ1) is 19.2.